The van der Waals surface area contributed by atoms with E-state index < -0.39 is 0 Å². The lowest BCUT2D eigenvalue weighted by atomic mass is 10.2. The molecule has 6 heteroatoms. The number of allylic oxidation sites excluding steroid dienone is 2. The van der Waals surface area contributed by atoms with Crippen LogP contribution in [0.1, 0.15) is 26.7 Å². The topological polar surface area (TPSA) is 63.3 Å². The number of aliphatic hydroxyl groups excluding tert-OH is 1. The summed E-state index contributed by atoms with van der Waals surface area (Å²) in [5.41, 5.74) is 1.22. The number of carbonyl (C=O) groups is 1. The summed E-state index contributed by atoms with van der Waals surface area (Å²) in [5.74, 6) is -0.0724. The minimum absolute atomic E-state index is 0.0575. The van der Waals surface area contributed by atoms with Gasteiger partial charge in [-0.05, 0) is 30.0 Å². The maximum atomic E-state index is 11.9. The fourth-order valence-electron chi connectivity index (χ4n) is 1.61. The van der Waals surface area contributed by atoms with Crippen LogP contribution < -0.4 is 0 Å². The summed E-state index contributed by atoms with van der Waals surface area (Å²) in [6.07, 6.45) is 0.707. The molecule has 2 aromatic rings. The lowest BCUT2D eigenvalue weighted by Crippen LogP contribution is -2.01. The first kappa shape index (κ1) is 14.9. The average Bonchev–Trinajstić information content (AvgIpc) is 2.84. The van der Waals surface area contributed by atoms with Crippen LogP contribution in [0.4, 0.5) is 0 Å². The molecule has 0 aliphatic rings. The second kappa shape index (κ2) is 6.33. The maximum Gasteiger partial charge on any atom is 0.261 e. The third-order valence-corrected chi connectivity index (χ3v) is 3.94. The number of halogens is 1. The van der Waals surface area contributed by atoms with Gasteiger partial charge >= 0.3 is 0 Å². The van der Waals surface area contributed by atoms with Gasteiger partial charge in [0.2, 0.25) is 0 Å². The summed E-state index contributed by atoms with van der Waals surface area (Å²) in [5, 5.41) is 10.7. The number of hydrogen-bond donors (Lipinski definition) is 1. The molecule has 0 spiro atoms. The van der Waals surface area contributed by atoms with E-state index >= 15 is 0 Å². The summed E-state index contributed by atoms with van der Waals surface area (Å²) in [7, 11) is 0. The second-order valence-electron chi connectivity index (χ2n) is 4.10. The van der Waals surface area contributed by atoms with Gasteiger partial charge < -0.3 is 9.52 Å². The summed E-state index contributed by atoms with van der Waals surface area (Å²) < 4.78 is 5.54. The Morgan fingerprint density at radius 1 is 1.40 bits per heavy atom. The minimum Gasteiger partial charge on any atom is -0.511 e. The second-order valence-corrected chi connectivity index (χ2v) is 5.50. The number of aliphatic hydroxyl groups is 1. The molecule has 106 valence electrons. The molecule has 0 saturated heterocycles. The molecule has 20 heavy (non-hydrogen) atoms. The van der Waals surface area contributed by atoms with Gasteiger partial charge in [0, 0.05) is 17.9 Å². The number of hydrogen-bond acceptors (Lipinski definition) is 5. The standard InChI is InChI=1S/C14H14ClNO3S/c1-3-10(17)13(11(18)4-2)20-14-16-9-7-8(15)5-6-12(9)19-14/h5-7,17H,3-4H2,1-2H3/b13-10-. The molecule has 2 rings (SSSR count). The number of ketones is 1. The van der Waals surface area contributed by atoms with E-state index in [4.69, 9.17) is 16.0 Å². The number of benzene rings is 1. The van der Waals surface area contributed by atoms with E-state index in [9.17, 15) is 9.90 Å². The summed E-state index contributed by atoms with van der Waals surface area (Å²) >= 11 is 6.93. The third kappa shape index (κ3) is 3.16. The predicted molar refractivity (Wildman–Crippen MR) is 80.1 cm³/mol. The van der Waals surface area contributed by atoms with Gasteiger partial charge in [-0.25, -0.2) is 4.98 Å². The fraction of sp³-hybridized carbons (Fsp3) is 0.286. The first-order valence-electron chi connectivity index (χ1n) is 6.24. The van der Waals surface area contributed by atoms with Crippen molar-refractivity contribution in [3.05, 3.63) is 33.9 Å². The maximum absolute atomic E-state index is 11.9. The van der Waals surface area contributed by atoms with Crippen molar-refractivity contribution in [2.45, 2.75) is 31.9 Å². The Hall–Kier alpha value is -1.46. The molecule has 0 aliphatic carbocycles. The lowest BCUT2D eigenvalue weighted by molar-refractivity contribution is -0.114. The van der Waals surface area contributed by atoms with Gasteiger partial charge in [0.15, 0.2) is 11.4 Å². The zero-order chi connectivity index (χ0) is 14.7. The highest BCUT2D eigenvalue weighted by Gasteiger charge is 2.18. The van der Waals surface area contributed by atoms with E-state index in [2.05, 4.69) is 4.98 Å². The van der Waals surface area contributed by atoms with Crippen LogP contribution in [-0.2, 0) is 4.79 Å². The molecule has 0 atom stereocenters. The van der Waals surface area contributed by atoms with Gasteiger partial charge in [0.05, 0.1) is 4.91 Å². The molecule has 1 aromatic carbocycles. The molecule has 0 bridgehead atoms. The number of carbonyl (C=O) groups excluding carboxylic acids is 1. The van der Waals surface area contributed by atoms with Crippen LogP contribution in [0, 0.1) is 0 Å². The Labute approximate surface area is 125 Å². The molecule has 1 heterocycles. The Kier molecular flexibility index (Phi) is 4.73. The van der Waals surface area contributed by atoms with Crippen molar-refractivity contribution >= 4 is 40.2 Å². The molecule has 0 amide bonds. The SMILES string of the molecule is CCC(=O)/C(Sc1nc2cc(Cl)ccc2o1)=C(/O)CC. The van der Waals surface area contributed by atoms with Crippen LogP contribution in [0.2, 0.25) is 5.02 Å². The molecule has 4 nitrogen and oxygen atoms in total. The molecule has 0 aliphatic heterocycles. The first-order valence-corrected chi connectivity index (χ1v) is 7.43. The van der Waals surface area contributed by atoms with E-state index in [1.807, 2.05) is 0 Å². The molecular weight excluding hydrogens is 298 g/mol. The number of fused-ring (bicyclic) bond motifs is 1. The van der Waals surface area contributed by atoms with Gasteiger partial charge in [0.25, 0.3) is 5.22 Å². The quantitative estimate of drug-likeness (QED) is 0.491. The van der Waals surface area contributed by atoms with Crippen LogP contribution >= 0.6 is 23.4 Å². The van der Waals surface area contributed by atoms with Crippen molar-refractivity contribution in [3.8, 4) is 0 Å². The Bertz CT molecular complexity index is 678. The lowest BCUT2D eigenvalue weighted by Gasteiger charge is -2.04. The molecule has 0 saturated carbocycles. The Morgan fingerprint density at radius 2 is 2.15 bits per heavy atom. The van der Waals surface area contributed by atoms with E-state index in [0.717, 1.165) is 11.8 Å². The number of rotatable bonds is 5. The van der Waals surface area contributed by atoms with Crippen molar-refractivity contribution in [3.63, 3.8) is 0 Å². The minimum atomic E-state index is -0.130. The van der Waals surface area contributed by atoms with Gasteiger partial charge in [-0.15, -0.1) is 0 Å². The van der Waals surface area contributed by atoms with Crippen molar-refractivity contribution in [2.75, 3.05) is 0 Å². The van der Waals surface area contributed by atoms with Crippen molar-refractivity contribution in [1.82, 2.24) is 4.98 Å². The fourth-order valence-corrected chi connectivity index (χ4v) is 2.75. The molecule has 0 unspecified atom stereocenters. The van der Waals surface area contributed by atoms with Gasteiger partial charge in [-0.3, -0.25) is 4.79 Å². The highest BCUT2D eigenvalue weighted by Crippen LogP contribution is 2.33. The number of aromatic nitrogens is 1. The van der Waals surface area contributed by atoms with Crippen molar-refractivity contribution in [1.29, 1.82) is 0 Å². The van der Waals surface area contributed by atoms with Gasteiger partial charge in [-0.2, -0.15) is 0 Å². The molecule has 1 aromatic heterocycles. The first-order chi connectivity index (χ1) is 9.55. The van der Waals surface area contributed by atoms with Crippen LogP contribution in [0.15, 0.2) is 38.5 Å². The normalized spacial score (nSPS) is 12.6. The Balaban J connectivity index is 2.36. The zero-order valence-corrected chi connectivity index (χ0v) is 12.7. The van der Waals surface area contributed by atoms with Crippen molar-refractivity contribution in [2.24, 2.45) is 0 Å². The summed E-state index contributed by atoms with van der Waals surface area (Å²) in [6.45, 7) is 3.53. The third-order valence-electron chi connectivity index (χ3n) is 2.69. The highest BCUT2D eigenvalue weighted by atomic mass is 35.5. The van der Waals surface area contributed by atoms with Gasteiger partial charge in [0.1, 0.15) is 11.3 Å². The predicted octanol–water partition coefficient (Wildman–Crippen LogP) is 4.73. The van der Waals surface area contributed by atoms with E-state index in [-0.39, 0.29) is 16.4 Å². The number of thioether (sulfide) groups is 1. The van der Waals surface area contributed by atoms with Crippen molar-refractivity contribution < 1.29 is 14.3 Å². The summed E-state index contributed by atoms with van der Waals surface area (Å²) in [4.78, 5) is 16.4. The van der Waals surface area contributed by atoms with E-state index in [1.54, 1.807) is 32.0 Å². The van der Waals surface area contributed by atoms with E-state index in [0.29, 0.717) is 34.2 Å². The van der Waals surface area contributed by atoms with E-state index in [1.165, 1.54) is 0 Å². The van der Waals surface area contributed by atoms with Crippen LogP contribution in [0.25, 0.3) is 11.1 Å². The summed E-state index contributed by atoms with van der Waals surface area (Å²) in [6, 6.07) is 5.12. The Morgan fingerprint density at radius 3 is 2.80 bits per heavy atom. The largest absolute Gasteiger partial charge is 0.511 e. The number of oxazole rings is 1. The monoisotopic (exact) mass is 311 g/mol. The molecule has 1 N–H and O–H groups in total. The zero-order valence-electron chi connectivity index (χ0n) is 11.1. The highest BCUT2D eigenvalue weighted by molar-refractivity contribution is 8.03. The molecular formula is C14H14ClNO3S. The number of Topliss-reactive ketones (excluding diaryl/α,β-unsaturated/α-hetero) is 1. The molecule has 0 radical (unpaired) electrons. The molecule has 0 fully saturated rings. The smallest absolute Gasteiger partial charge is 0.261 e. The van der Waals surface area contributed by atoms with Gasteiger partial charge in [-0.1, -0.05) is 25.4 Å². The van der Waals surface area contributed by atoms with Crippen LogP contribution in [0.3, 0.4) is 0 Å². The average molecular weight is 312 g/mol. The number of nitrogens with zero attached hydrogens (tertiary/aromatic N) is 1. The van der Waals surface area contributed by atoms with Crippen LogP contribution in [-0.4, -0.2) is 15.9 Å². The van der Waals surface area contributed by atoms with Crippen LogP contribution in [0.5, 0.6) is 0 Å².